The third-order valence-corrected chi connectivity index (χ3v) is 2.97. The van der Waals surface area contributed by atoms with Gasteiger partial charge in [0.1, 0.15) is 5.69 Å². The minimum atomic E-state index is 0.125. The van der Waals surface area contributed by atoms with E-state index in [1.807, 2.05) is 6.20 Å². The van der Waals surface area contributed by atoms with E-state index in [1.54, 1.807) is 0 Å². The monoisotopic (exact) mass is 220 g/mol. The summed E-state index contributed by atoms with van der Waals surface area (Å²) in [6, 6.07) is 0. The van der Waals surface area contributed by atoms with E-state index < -0.39 is 0 Å². The minimum absolute atomic E-state index is 0.125. The van der Waals surface area contributed by atoms with Gasteiger partial charge < -0.3 is 10.1 Å². The van der Waals surface area contributed by atoms with Crippen molar-refractivity contribution < 1.29 is 4.74 Å². The standard InChI is InChI=1S/C13H20N2O/c1-9-10(13(2,3)4)8-15-12-11(9)14-6-5-7-16-12/h8,14H,5-7H2,1-4H3. The number of fused-ring (bicyclic) bond motifs is 1. The van der Waals surface area contributed by atoms with Crippen LogP contribution in [0.3, 0.4) is 0 Å². The number of nitrogens with zero attached hydrogens (tertiary/aromatic N) is 1. The van der Waals surface area contributed by atoms with Gasteiger partial charge >= 0.3 is 0 Å². The summed E-state index contributed by atoms with van der Waals surface area (Å²) in [5.74, 6) is 0.753. The molecule has 1 N–H and O–H groups in total. The molecule has 1 aliphatic heterocycles. The second-order valence-electron chi connectivity index (χ2n) is 5.36. The van der Waals surface area contributed by atoms with Crippen molar-refractivity contribution in [2.75, 3.05) is 18.5 Å². The Balaban J connectivity index is 2.50. The Morgan fingerprint density at radius 3 is 2.81 bits per heavy atom. The summed E-state index contributed by atoms with van der Waals surface area (Å²) in [4.78, 5) is 4.42. The topological polar surface area (TPSA) is 34.2 Å². The van der Waals surface area contributed by atoms with E-state index in [0.29, 0.717) is 0 Å². The van der Waals surface area contributed by atoms with Crippen molar-refractivity contribution >= 4 is 5.69 Å². The predicted octanol–water partition coefficient (Wildman–Crippen LogP) is 2.88. The van der Waals surface area contributed by atoms with Gasteiger partial charge in [-0.25, -0.2) is 4.98 Å². The molecule has 0 fully saturated rings. The Bertz CT molecular complexity index is 394. The van der Waals surface area contributed by atoms with Gasteiger partial charge in [0.25, 0.3) is 0 Å². The van der Waals surface area contributed by atoms with Crippen LogP contribution in [-0.4, -0.2) is 18.1 Å². The molecule has 0 saturated heterocycles. The van der Waals surface area contributed by atoms with E-state index >= 15 is 0 Å². The molecule has 0 spiro atoms. The van der Waals surface area contributed by atoms with Crippen LogP contribution in [-0.2, 0) is 5.41 Å². The third-order valence-electron chi connectivity index (χ3n) is 2.97. The summed E-state index contributed by atoms with van der Waals surface area (Å²) in [5.41, 5.74) is 3.74. The van der Waals surface area contributed by atoms with E-state index in [1.165, 1.54) is 11.1 Å². The highest BCUT2D eigenvalue weighted by Gasteiger charge is 2.22. The van der Waals surface area contributed by atoms with E-state index in [-0.39, 0.29) is 5.41 Å². The van der Waals surface area contributed by atoms with Crippen molar-refractivity contribution in [3.8, 4) is 5.88 Å². The van der Waals surface area contributed by atoms with Crippen molar-refractivity contribution in [3.05, 3.63) is 17.3 Å². The summed E-state index contributed by atoms with van der Waals surface area (Å²) in [5, 5.41) is 3.42. The van der Waals surface area contributed by atoms with Crippen LogP contribution in [0.1, 0.15) is 38.3 Å². The molecule has 0 saturated carbocycles. The maximum absolute atomic E-state index is 5.62. The SMILES string of the molecule is Cc1c(C(C)(C)C)cnc2c1NCCCO2. The van der Waals surface area contributed by atoms with Crippen molar-refractivity contribution in [1.29, 1.82) is 0 Å². The summed E-state index contributed by atoms with van der Waals surface area (Å²) >= 11 is 0. The lowest BCUT2D eigenvalue weighted by molar-refractivity contribution is 0.310. The highest BCUT2D eigenvalue weighted by molar-refractivity contribution is 5.62. The van der Waals surface area contributed by atoms with Gasteiger partial charge in [-0.1, -0.05) is 20.8 Å². The molecular formula is C13H20N2O. The second-order valence-corrected chi connectivity index (χ2v) is 5.36. The summed E-state index contributed by atoms with van der Waals surface area (Å²) in [6.45, 7) is 10.5. The third kappa shape index (κ3) is 1.99. The first-order valence-corrected chi connectivity index (χ1v) is 5.87. The lowest BCUT2D eigenvalue weighted by Gasteiger charge is -2.23. The molecule has 0 unspecified atom stereocenters. The molecule has 3 nitrogen and oxygen atoms in total. The fraction of sp³-hybridized carbons (Fsp3) is 0.615. The largest absolute Gasteiger partial charge is 0.476 e. The van der Waals surface area contributed by atoms with Crippen LogP contribution in [0.4, 0.5) is 5.69 Å². The molecule has 3 heteroatoms. The molecule has 0 aliphatic carbocycles. The summed E-state index contributed by atoms with van der Waals surface area (Å²) < 4.78 is 5.62. The number of hydrogen-bond acceptors (Lipinski definition) is 3. The first-order chi connectivity index (χ1) is 7.50. The molecule has 16 heavy (non-hydrogen) atoms. The predicted molar refractivity (Wildman–Crippen MR) is 66.3 cm³/mol. The molecule has 88 valence electrons. The maximum atomic E-state index is 5.62. The maximum Gasteiger partial charge on any atom is 0.237 e. The summed E-state index contributed by atoms with van der Waals surface area (Å²) in [6.07, 6.45) is 2.97. The zero-order valence-corrected chi connectivity index (χ0v) is 10.6. The lowest BCUT2D eigenvalue weighted by Crippen LogP contribution is -2.15. The number of hydrogen-bond donors (Lipinski definition) is 1. The molecule has 0 atom stereocenters. The van der Waals surface area contributed by atoms with Crippen molar-refractivity contribution in [3.63, 3.8) is 0 Å². The molecule has 0 amide bonds. The number of anilines is 1. The quantitative estimate of drug-likeness (QED) is 0.730. The van der Waals surface area contributed by atoms with Crippen LogP contribution in [0.15, 0.2) is 6.20 Å². The van der Waals surface area contributed by atoms with Gasteiger partial charge in [-0.05, 0) is 29.9 Å². The number of ether oxygens (including phenoxy) is 1. The first kappa shape index (κ1) is 11.2. The Morgan fingerprint density at radius 2 is 2.12 bits per heavy atom. The molecule has 0 bridgehead atoms. The Morgan fingerprint density at radius 1 is 1.38 bits per heavy atom. The van der Waals surface area contributed by atoms with Gasteiger partial charge in [0.05, 0.1) is 6.61 Å². The van der Waals surface area contributed by atoms with Crippen LogP contribution in [0, 0.1) is 6.92 Å². The molecule has 0 radical (unpaired) electrons. The average Bonchev–Trinajstić information content (AvgIpc) is 2.41. The second kappa shape index (κ2) is 3.96. The highest BCUT2D eigenvalue weighted by Crippen LogP contribution is 2.35. The van der Waals surface area contributed by atoms with Crippen molar-refractivity contribution in [1.82, 2.24) is 4.98 Å². The molecular weight excluding hydrogens is 200 g/mol. The zero-order valence-electron chi connectivity index (χ0n) is 10.6. The lowest BCUT2D eigenvalue weighted by atomic mass is 9.85. The Labute approximate surface area is 97.2 Å². The number of nitrogens with one attached hydrogen (secondary N) is 1. The van der Waals surface area contributed by atoms with Crippen molar-refractivity contribution in [2.45, 2.75) is 39.5 Å². The molecule has 2 rings (SSSR count). The number of rotatable bonds is 0. The van der Waals surface area contributed by atoms with Gasteiger partial charge in [-0.15, -0.1) is 0 Å². The van der Waals surface area contributed by atoms with Crippen LogP contribution in [0.2, 0.25) is 0 Å². The smallest absolute Gasteiger partial charge is 0.237 e. The Hall–Kier alpha value is -1.25. The Kier molecular flexibility index (Phi) is 2.78. The molecule has 0 aromatic carbocycles. The van der Waals surface area contributed by atoms with Gasteiger partial charge in [-0.2, -0.15) is 0 Å². The van der Waals surface area contributed by atoms with Crippen LogP contribution >= 0.6 is 0 Å². The fourth-order valence-electron chi connectivity index (χ4n) is 2.11. The minimum Gasteiger partial charge on any atom is -0.476 e. The normalized spacial score (nSPS) is 15.8. The highest BCUT2D eigenvalue weighted by atomic mass is 16.5. The zero-order chi connectivity index (χ0) is 11.8. The van der Waals surface area contributed by atoms with E-state index in [9.17, 15) is 0 Å². The number of pyridine rings is 1. The van der Waals surface area contributed by atoms with Crippen molar-refractivity contribution in [2.24, 2.45) is 0 Å². The van der Waals surface area contributed by atoms with Gasteiger partial charge in [0.2, 0.25) is 5.88 Å². The average molecular weight is 220 g/mol. The molecule has 2 heterocycles. The fourth-order valence-corrected chi connectivity index (χ4v) is 2.11. The van der Waals surface area contributed by atoms with Crippen LogP contribution < -0.4 is 10.1 Å². The molecule has 1 aromatic rings. The van der Waals surface area contributed by atoms with Gasteiger partial charge in [0, 0.05) is 12.7 Å². The molecule has 1 aromatic heterocycles. The van der Waals surface area contributed by atoms with Gasteiger partial charge in [0.15, 0.2) is 0 Å². The van der Waals surface area contributed by atoms with Crippen LogP contribution in [0.25, 0.3) is 0 Å². The van der Waals surface area contributed by atoms with E-state index in [0.717, 1.165) is 31.1 Å². The van der Waals surface area contributed by atoms with E-state index in [2.05, 4.69) is 38.0 Å². The number of aromatic nitrogens is 1. The van der Waals surface area contributed by atoms with Crippen LogP contribution in [0.5, 0.6) is 5.88 Å². The summed E-state index contributed by atoms with van der Waals surface area (Å²) in [7, 11) is 0. The van der Waals surface area contributed by atoms with Gasteiger partial charge in [-0.3, -0.25) is 0 Å². The molecule has 1 aliphatic rings. The van der Waals surface area contributed by atoms with E-state index in [4.69, 9.17) is 4.74 Å². The first-order valence-electron chi connectivity index (χ1n) is 5.87.